The van der Waals surface area contributed by atoms with Gasteiger partial charge in [0.2, 0.25) is 0 Å². The van der Waals surface area contributed by atoms with Crippen molar-refractivity contribution in [3.63, 3.8) is 0 Å². The number of benzene rings is 1. The van der Waals surface area contributed by atoms with Crippen LogP contribution in [0, 0.1) is 0 Å². The van der Waals surface area contributed by atoms with Gasteiger partial charge in [-0.25, -0.2) is 0 Å². The van der Waals surface area contributed by atoms with Crippen LogP contribution in [0.3, 0.4) is 0 Å². The highest BCUT2D eigenvalue weighted by Gasteiger charge is 2.23. The maximum Gasteiger partial charge on any atom is 0.152 e. The van der Waals surface area contributed by atoms with Gasteiger partial charge in [-0.2, -0.15) is 0 Å². The number of aliphatic hydroxyl groups excluding tert-OH is 1. The summed E-state index contributed by atoms with van der Waals surface area (Å²) in [5.41, 5.74) is 1.24. The summed E-state index contributed by atoms with van der Waals surface area (Å²) in [4.78, 5) is 2.15. The minimum absolute atomic E-state index is 0.0937. The molecule has 4 heteroatoms. The Balaban J connectivity index is 2.03. The first-order chi connectivity index (χ1) is 8.74. The molecule has 0 fully saturated rings. The Morgan fingerprint density at radius 2 is 2.33 bits per heavy atom. The lowest BCUT2D eigenvalue weighted by molar-refractivity contribution is 0.0245. The van der Waals surface area contributed by atoms with Crippen molar-refractivity contribution in [2.75, 3.05) is 27.3 Å². The SMILES string of the molecule is COc1ccc2c(c1)OC(N(C)CCCO)CC2. The fraction of sp³-hybridized carbons (Fsp3) is 0.571. The van der Waals surface area contributed by atoms with E-state index in [1.165, 1.54) is 5.56 Å². The van der Waals surface area contributed by atoms with Crippen molar-refractivity contribution in [1.29, 1.82) is 0 Å². The van der Waals surface area contributed by atoms with E-state index in [0.29, 0.717) is 0 Å². The number of fused-ring (bicyclic) bond motifs is 1. The lowest BCUT2D eigenvalue weighted by Gasteiger charge is -2.33. The largest absolute Gasteiger partial charge is 0.497 e. The zero-order chi connectivity index (χ0) is 13.0. The smallest absolute Gasteiger partial charge is 0.152 e. The summed E-state index contributed by atoms with van der Waals surface area (Å²) in [6.45, 7) is 1.07. The third kappa shape index (κ3) is 2.94. The maximum absolute atomic E-state index is 8.86. The molecule has 1 aliphatic heterocycles. The first-order valence-corrected chi connectivity index (χ1v) is 6.39. The molecule has 1 N–H and O–H groups in total. The molecule has 0 spiro atoms. The van der Waals surface area contributed by atoms with Gasteiger partial charge in [-0.1, -0.05) is 6.07 Å². The van der Waals surface area contributed by atoms with E-state index in [4.69, 9.17) is 14.6 Å². The fourth-order valence-electron chi connectivity index (χ4n) is 2.24. The van der Waals surface area contributed by atoms with E-state index in [1.807, 2.05) is 19.2 Å². The molecule has 100 valence electrons. The van der Waals surface area contributed by atoms with Gasteiger partial charge in [-0.3, -0.25) is 4.90 Å². The summed E-state index contributed by atoms with van der Waals surface area (Å²) >= 11 is 0. The molecule has 1 aliphatic rings. The second kappa shape index (κ2) is 6.07. The molecule has 0 radical (unpaired) electrons. The Kier molecular flexibility index (Phi) is 4.44. The zero-order valence-corrected chi connectivity index (χ0v) is 11.1. The number of ether oxygens (including phenoxy) is 2. The fourth-order valence-corrected chi connectivity index (χ4v) is 2.24. The monoisotopic (exact) mass is 251 g/mol. The van der Waals surface area contributed by atoms with Crippen molar-refractivity contribution in [2.24, 2.45) is 0 Å². The van der Waals surface area contributed by atoms with Crippen LogP contribution in [-0.4, -0.2) is 43.5 Å². The summed E-state index contributed by atoms with van der Waals surface area (Å²) in [6.07, 6.45) is 2.88. The third-order valence-corrected chi connectivity index (χ3v) is 3.36. The van der Waals surface area contributed by atoms with Crippen molar-refractivity contribution in [3.8, 4) is 11.5 Å². The van der Waals surface area contributed by atoms with Gasteiger partial charge < -0.3 is 14.6 Å². The van der Waals surface area contributed by atoms with Gasteiger partial charge in [0.25, 0.3) is 0 Å². The van der Waals surface area contributed by atoms with Crippen molar-refractivity contribution in [1.82, 2.24) is 4.90 Å². The quantitative estimate of drug-likeness (QED) is 0.864. The lowest BCUT2D eigenvalue weighted by Crippen LogP contribution is -2.39. The number of hydrogen-bond acceptors (Lipinski definition) is 4. The molecule has 1 heterocycles. The van der Waals surface area contributed by atoms with Crippen LogP contribution < -0.4 is 9.47 Å². The van der Waals surface area contributed by atoms with E-state index in [-0.39, 0.29) is 12.8 Å². The minimum atomic E-state index is 0.0937. The van der Waals surface area contributed by atoms with Crippen LogP contribution in [0.5, 0.6) is 11.5 Å². The molecule has 2 rings (SSSR count). The average molecular weight is 251 g/mol. The molecule has 0 amide bonds. The van der Waals surface area contributed by atoms with Crippen LogP contribution in [0.4, 0.5) is 0 Å². The second-order valence-corrected chi connectivity index (χ2v) is 4.64. The second-order valence-electron chi connectivity index (χ2n) is 4.64. The Hall–Kier alpha value is -1.26. The van der Waals surface area contributed by atoms with Gasteiger partial charge in [0.1, 0.15) is 11.5 Å². The van der Waals surface area contributed by atoms with Gasteiger partial charge in [0.15, 0.2) is 6.23 Å². The summed E-state index contributed by atoms with van der Waals surface area (Å²) in [5.74, 6) is 1.74. The highest BCUT2D eigenvalue weighted by atomic mass is 16.5. The Labute approximate surface area is 108 Å². The molecule has 1 atom stereocenters. The molecule has 1 unspecified atom stereocenters. The number of methoxy groups -OCH3 is 1. The predicted octanol–water partition coefficient (Wildman–Crippen LogP) is 1.66. The summed E-state index contributed by atoms with van der Waals surface area (Å²) < 4.78 is 11.2. The predicted molar refractivity (Wildman–Crippen MR) is 70.1 cm³/mol. The molecule has 1 aromatic carbocycles. The van der Waals surface area contributed by atoms with Crippen LogP contribution in [-0.2, 0) is 6.42 Å². The number of hydrogen-bond donors (Lipinski definition) is 1. The van der Waals surface area contributed by atoms with Crippen molar-refractivity contribution in [3.05, 3.63) is 23.8 Å². The molecule has 1 aromatic rings. The number of aliphatic hydroxyl groups is 1. The molecule has 4 nitrogen and oxygen atoms in total. The number of rotatable bonds is 5. The van der Waals surface area contributed by atoms with Gasteiger partial charge in [-0.15, -0.1) is 0 Å². The third-order valence-electron chi connectivity index (χ3n) is 3.36. The van der Waals surface area contributed by atoms with Crippen LogP contribution >= 0.6 is 0 Å². The van der Waals surface area contributed by atoms with E-state index in [2.05, 4.69) is 11.0 Å². The lowest BCUT2D eigenvalue weighted by atomic mass is 10.0. The average Bonchev–Trinajstić information content (AvgIpc) is 2.43. The first-order valence-electron chi connectivity index (χ1n) is 6.39. The Morgan fingerprint density at radius 3 is 3.06 bits per heavy atom. The molecule has 0 saturated heterocycles. The summed E-state index contributed by atoms with van der Waals surface area (Å²) in [7, 11) is 3.70. The topological polar surface area (TPSA) is 41.9 Å². The Bertz CT molecular complexity index is 395. The van der Waals surface area contributed by atoms with Gasteiger partial charge >= 0.3 is 0 Å². The number of nitrogens with zero attached hydrogens (tertiary/aromatic N) is 1. The highest BCUT2D eigenvalue weighted by molar-refractivity contribution is 5.41. The Morgan fingerprint density at radius 1 is 1.50 bits per heavy atom. The summed E-state index contributed by atoms with van der Waals surface area (Å²) in [5, 5.41) is 8.86. The van der Waals surface area contributed by atoms with E-state index in [9.17, 15) is 0 Å². The molecule has 0 aliphatic carbocycles. The normalized spacial score (nSPS) is 18.3. The molecule has 0 bridgehead atoms. The standard InChI is InChI=1S/C14H21NO3/c1-15(8-3-9-16)14-7-5-11-4-6-12(17-2)10-13(11)18-14/h4,6,10,14,16H,3,5,7-9H2,1-2H3. The van der Waals surface area contributed by atoms with E-state index in [1.54, 1.807) is 7.11 Å². The highest BCUT2D eigenvalue weighted by Crippen LogP contribution is 2.31. The van der Waals surface area contributed by atoms with Gasteiger partial charge in [0.05, 0.1) is 7.11 Å². The van der Waals surface area contributed by atoms with Crippen molar-refractivity contribution < 1.29 is 14.6 Å². The van der Waals surface area contributed by atoms with Crippen LogP contribution in [0.25, 0.3) is 0 Å². The van der Waals surface area contributed by atoms with Crippen molar-refractivity contribution >= 4 is 0 Å². The molecular weight excluding hydrogens is 230 g/mol. The van der Waals surface area contributed by atoms with Gasteiger partial charge in [0, 0.05) is 25.6 Å². The molecule has 0 saturated carbocycles. The van der Waals surface area contributed by atoms with E-state index >= 15 is 0 Å². The first kappa shape index (κ1) is 13.2. The zero-order valence-electron chi connectivity index (χ0n) is 11.1. The molecule has 18 heavy (non-hydrogen) atoms. The summed E-state index contributed by atoms with van der Waals surface area (Å²) in [6, 6.07) is 5.98. The maximum atomic E-state index is 8.86. The molecule has 0 aromatic heterocycles. The molecular formula is C14H21NO3. The van der Waals surface area contributed by atoms with E-state index < -0.39 is 0 Å². The van der Waals surface area contributed by atoms with Crippen molar-refractivity contribution in [2.45, 2.75) is 25.5 Å². The minimum Gasteiger partial charge on any atom is -0.497 e. The van der Waals surface area contributed by atoms with E-state index in [0.717, 1.165) is 37.3 Å². The van der Waals surface area contributed by atoms with Crippen LogP contribution in [0.2, 0.25) is 0 Å². The van der Waals surface area contributed by atoms with Gasteiger partial charge in [-0.05, 0) is 31.5 Å². The van der Waals surface area contributed by atoms with Crippen LogP contribution in [0.1, 0.15) is 18.4 Å². The number of aryl methyl sites for hydroxylation is 1. The van der Waals surface area contributed by atoms with Crippen LogP contribution in [0.15, 0.2) is 18.2 Å².